The number of carboxylic acid groups (broad SMARTS) is 2. The molecule has 1 aliphatic rings. The van der Waals surface area contributed by atoms with E-state index in [1.165, 1.54) is 11.8 Å². The van der Waals surface area contributed by atoms with Crippen molar-refractivity contribution in [1.82, 2.24) is 26.2 Å². The summed E-state index contributed by atoms with van der Waals surface area (Å²) in [6.07, 6.45) is 3.18. The molecule has 0 aromatic heterocycles. The molecule has 1 aliphatic heterocycles. The predicted molar refractivity (Wildman–Crippen MR) is 171 cm³/mol. The lowest BCUT2D eigenvalue weighted by atomic mass is 10.0. The minimum atomic E-state index is -1.59. The van der Waals surface area contributed by atoms with Crippen LogP contribution in [0.25, 0.3) is 0 Å². The summed E-state index contributed by atoms with van der Waals surface area (Å²) in [6.45, 7) is 5.92. The number of hydrogen-bond donors (Lipinski definition) is 9. The van der Waals surface area contributed by atoms with Crippen LogP contribution in [-0.4, -0.2) is 112 Å². The smallest absolute Gasteiger partial charge is 0.325 e. The van der Waals surface area contributed by atoms with Crippen molar-refractivity contribution < 1.29 is 43.8 Å². The molecule has 1 saturated heterocycles. The number of aliphatic carboxylic acids is 2. The van der Waals surface area contributed by atoms with Crippen LogP contribution in [0.2, 0.25) is 0 Å². The second kappa shape index (κ2) is 21.1. The van der Waals surface area contributed by atoms with E-state index in [0.29, 0.717) is 51.6 Å². The first-order valence-electron chi connectivity index (χ1n) is 16.2. The standard InChI is InChI=1S/C30H54N8O9/c1-17(2)15-22(37-26(42)20(10-5-7-13-32)35-25(41)19(33)9-4-6-12-31)29(45)38-14-8-11-23(38)28(44)36-21(16-24(39)40)27(43)34-18(3)30(46)47/h17-23H,4-16,31-33H2,1-3H3,(H,34,43)(H,35,41)(H,36,44)(H,37,42)(H,39,40)(H,46,47)/t18-,19-,20-,21-,22-,23-/m0/s1. The third kappa shape index (κ3) is 14.6. The van der Waals surface area contributed by atoms with Crippen LogP contribution >= 0.6 is 0 Å². The van der Waals surface area contributed by atoms with Gasteiger partial charge in [0.15, 0.2) is 0 Å². The Kier molecular flexibility index (Phi) is 18.5. The minimum absolute atomic E-state index is 0.0553. The van der Waals surface area contributed by atoms with Crippen molar-refractivity contribution in [2.45, 2.75) is 121 Å². The number of unbranched alkanes of at least 4 members (excludes halogenated alkanes) is 2. The lowest BCUT2D eigenvalue weighted by molar-refractivity contribution is -0.145. The van der Waals surface area contributed by atoms with Gasteiger partial charge in [-0.3, -0.25) is 33.6 Å². The zero-order valence-corrected chi connectivity index (χ0v) is 27.7. The number of nitrogens with one attached hydrogen (secondary N) is 4. The second-order valence-electron chi connectivity index (χ2n) is 12.3. The molecule has 17 nitrogen and oxygen atoms in total. The molecule has 47 heavy (non-hydrogen) atoms. The Morgan fingerprint density at radius 2 is 1.34 bits per heavy atom. The van der Waals surface area contributed by atoms with Crippen LogP contribution < -0.4 is 38.5 Å². The number of rotatable bonds is 22. The van der Waals surface area contributed by atoms with Crippen molar-refractivity contribution >= 4 is 41.5 Å². The maximum atomic E-state index is 13.9. The maximum Gasteiger partial charge on any atom is 0.325 e. The van der Waals surface area contributed by atoms with E-state index >= 15 is 0 Å². The van der Waals surface area contributed by atoms with Gasteiger partial charge in [-0.1, -0.05) is 20.3 Å². The average molecular weight is 671 g/mol. The highest BCUT2D eigenvalue weighted by atomic mass is 16.4. The van der Waals surface area contributed by atoms with Crippen LogP contribution in [0.3, 0.4) is 0 Å². The van der Waals surface area contributed by atoms with Gasteiger partial charge in [-0.15, -0.1) is 0 Å². The fraction of sp³-hybridized carbons (Fsp3) is 0.767. The van der Waals surface area contributed by atoms with Crippen LogP contribution in [0.5, 0.6) is 0 Å². The van der Waals surface area contributed by atoms with Gasteiger partial charge in [0.25, 0.3) is 0 Å². The summed E-state index contributed by atoms with van der Waals surface area (Å²) in [5, 5.41) is 28.3. The Hall–Kier alpha value is -3.83. The first-order valence-corrected chi connectivity index (χ1v) is 16.2. The molecular weight excluding hydrogens is 616 g/mol. The number of carbonyl (C=O) groups is 7. The summed E-state index contributed by atoms with van der Waals surface area (Å²) in [4.78, 5) is 90.0. The van der Waals surface area contributed by atoms with E-state index in [4.69, 9.17) is 22.3 Å². The van der Waals surface area contributed by atoms with Gasteiger partial charge in [0.05, 0.1) is 12.5 Å². The molecule has 0 aliphatic carbocycles. The largest absolute Gasteiger partial charge is 0.481 e. The molecule has 12 N–H and O–H groups in total. The molecule has 268 valence electrons. The number of nitrogens with zero attached hydrogens (tertiary/aromatic N) is 1. The van der Waals surface area contributed by atoms with E-state index in [9.17, 15) is 38.7 Å². The number of hydrogen-bond acceptors (Lipinski definition) is 10. The molecule has 0 saturated carbocycles. The Morgan fingerprint density at radius 3 is 1.89 bits per heavy atom. The molecule has 0 aromatic carbocycles. The highest BCUT2D eigenvalue weighted by Crippen LogP contribution is 2.21. The van der Waals surface area contributed by atoms with Gasteiger partial charge < -0.3 is 53.6 Å². The molecule has 5 amide bonds. The summed E-state index contributed by atoms with van der Waals surface area (Å²) < 4.78 is 0. The van der Waals surface area contributed by atoms with Crippen molar-refractivity contribution in [1.29, 1.82) is 0 Å². The van der Waals surface area contributed by atoms with Gasteiger partial charge in [0.2, 0.25) is 29.5 Å². The summed E-state index contributed by atoms with van der Waals surface area (Å²) >= 11 is 0. The topological polar surface area (TPSA) is 289 Å². The minimum Gasteiger partial charge on any atom is -0.481 e. The van der Waals surface area contributed by atoms with E-state index < -0.39 is 84.1 Å². The molecule has 0 unspecified atom stereocenters. The van der Waals surface area contributed by atoms with Gasteiger partial charge in [-0.25, -0.2) is 0 Å². The third-order valence-corrected chi connectivity index (χ3v) is 7.79. The Bertz CT molecular complexity index is 1090. The van der Waals surface area contributed by atoms with E-state index in [0.717, 1.165) is 0 Å². The molecule has 1 heterocycles. The maximum absolute atomic E-state index is 13.9. The fourth-order valence-corrected chi connectivity index (χ4v) is 5.18. The monoisotopic (exact) mass is 670 g/mol. The Balaban J connectivity index is 3.14. The van der Waals surface area contributed by atoms with Crippen molar-refractivity contribution in [3.63, 3.8) is 0 Å². The van der Waals surface area contributed by atoms with Gasteiger partial charge in [0.1, 0.15) is 30.2 Å². The number of carboxylic acids is 2. The van der Waals surface area contributed by atoms with Crippen molar-refractivity contribution in [3.05, 3.63) is 0 Å². The van der Waals surface area contributed by atoms with E-state index in [-0.39, 0.29) is 31.7 Å². The van der Waals surface area contributed by atoms with Gasteiger partial charge in [-0.2, -0.15) is 0 Å². The third-order valence-electron chi connectivity index (χ3n) is 7.79. The normalized spacial score (nSPS) is 17.6. The van der Waals surface area contributed by atoms with Crippen LogP contribution in [0.4, 0.5) is 0 Å². The molecule has 1 fully saturated rings. The summed E-state index contributed by atoms with van der Waals surface area (Å²) in [5.74, 6) is -6.24. The summed E-state index contributed by atoms with van der Waals surface area (Å²) in [5.41, 5.74) is 17.2. The van der Waals surface area contributed by atoms with Crippen molar-refractivity contribution in [3.8, 4) is 0 Å². The number of nitrogens with two attached hydrogens (primary N) is 3. The van der Waals surface area contributed by atoms with E-state index in [1.54, 1.807) is 0 Å². The van der Waals surface area contributed by atoms with Crippen LogP contribution in [0.15, 0.2) is 0 Å². The highest BCUT2D eigenvalue weighted by molar-refractivity contribution is 5.97. The predicted octanol–water partition coefficient (Wildman–Crippen LogP) is -1.87. The molecule has 17 heteroatoms. The Labute approximate surface area is 275 Å². The number of likely N-dealkylation sites (tertiary alicyclic amines) is 1. The van der Waals surface area contributed by atoms with Gasteiger partial charge in [-0.05, 0) is 77.3 Å². The summed E-state index contributed by atoms with van der Waals surface area (Å²) in [7, 11) is 0. The summed E-state index contributed by atoms with van der Waals surface area (Å²) in [6, 6.07) is -6.89. The first-order chi connectivity index (χ1) is 22.1. The molecule has 1 rings (SSSR count). The Morgan fingerprint density at radius 1 is 0.766 bits per heavy atom. The number of carbonyl (C=O) groups excluding carboxylic acids is 5. The van der Waals surface area contributed by atoms with Crippen LogP contribution in [-0.2, 0) is 33.6 Å². The van der Waals surface area contributed by atoms with Crippen molar-refractivity contribution in [2.75, 3.05) is 19.6 Å². The van der Waals surface area contributed by atoms with Crippen molar-refractivity contribution in [2.24, 2.45) is 23.1 Å². The SMILES string of the molecule is CC(C)C[C@H](NC(=O)[C@H](CCCCN)NC(=O)[C@@H](N)CCCCN)C(=O)N1CCC[C@H]1C(=O)N[C@@H](CC(=O)O)C(=O)N[C@@H](C)C(=O)O. The number of amides is 5. The lowest BCUT2D eigenvalue weighted by Crippen LogP contribution is -2.59. The average Bonchev–Trinajstić information content (AvgIpc) is 3.49. The molecule has 0 radical (unpaired) electrons. The molecule has 0 spiro atoms. The second-order valence-corrected chi connectivity index (χ2v) is 12.3. The van der Waals surface area contributed by atoms with Gasteiger partial charge in [0, 0.05) is 6.54 Å². The van der Waals surface area contributed by atoms with E-state index in [2.05, 4.69) is 21.3 Å². The fourth-order valence-electron chi connectivity index (χ4n) is 5.18. The van der Waals surface area contributed by atoms with E-state index in [1.807, 2.05) is 13.8 Å². The quantitative estimate of drug-likeness (QED) is 0.0573. The first kappa shape index (κ1) is 41.2. The van der Waals surface area contributed by atoms with Crippen LogP contribution in [0.1, 0.15) is 85.0 Å². The zero-order chi connectivity index (χ0) is 35.7. The van der Waals surface area contributed by atoms with Gasteiger partial charge >= 0.3 is 11.9 Å². The molecule has 6 atom stereocenters. The molecule has 0 aromatic rings. The molecular formula is C30H54N8O9. The highest BCUT2D eigenvalue weighted by Gasteiger charge is 2.40. The lowest BCUT2D eigenvalue weighted by Gasteiger charge is -2.31. The van der Waals surface area contributed by atoms with Crippen LogP contribution in [0, 0.1) is 5.92 Å². The zero-order valence-electron chi connectivity index (χ0n) is 27.7. The molecule has 0 bridgehead atoms.